The first-order valence-corrected chi connectivity index (χ1v) is 11.6. The molecule has 9 heteroatoms. The molecule has 7 nitrogen and oxygen atoms in total. The highest BCUT2D eigenvalue weighted by Gasteiger charge is 2.31. The second-order valence-corrected chi connectivity index (χ2v) is 9.45. The van der Waals surface area contributed by atoms with E-state index in [0.29, 0.717) is 46.4 Å². The maximum Gasteiger partial charge on any atom is 0.264 e. The summed E-state index contributed by atoms with van der Waals surface area (Å²) < 4.78 is 38.0. The Kier molecular flexibility index (Phi) is 5.99. The number of hydrogen-bond donors (Lipinski definition) is 1. The van der Waals surface area contributed by atoms with Crippen LogP contribution in [0.15, 0.2) is 65.6 Å². The van der Waals surface area contributed by atoms with E-state index in [1.54, 1.807) is 48.5 Å². The van der Waals surface area contributed by atoms with Crippen molar-refractivity contribution < 1.29 is 22.7 Å². The number of carbonyl (C=O) groups excluding carboxylic acids is 1. The van der Waals surface area contributed by atoms with E-state index in [1.807, 2.05) is 0 Å². The fourth-order valence-electron chi connectivity index (χ4n) is 3.61. The Labute approximate surface area is 191 Å². The summed E-state index contributed by atoms with van der Waals surface area (Å²) in [5.41, 5.74) is 2.36. The van der Waals surface area contributed by atoms with Crippen LogP contribution in [-0.2, 0) is 16.4 Å². The number of halogens is 1. The highest BCUT2D eigenvalue weighted by molar-refractivity contribution is 7.92. The summed E-state index contributed by atoms with van der Waals surface area (Å²) >= 11 is 5.88. The highest BCUT2D eigenvalue weighted by atomic mass is 35.5. The predicted molar refractivity (Wildman–Crippen MR) is 124 cm³/mol. The maximum absolute atomic E-state index is 13.1. The van der Waals surface area contributed by atoms with Crippen LogP contribution < -0.4 is 19.1 Å². The number of rotatable bonds is 6. The number of sulfonamides is 1. The van der Waals surface area contributed by atoms with Gasteiger partial charge in [-0.3, -0.25) is 9.10 Å². The van der Waals surface area contributed by atoms with Crippen molar-refractivity contribution in [1.82, 2.24) is 0 Å². The molecule has 1 aliphatic heterocycles. The predicted octanol–water partition coefficient (Wildman–Crippen LogP) is 4.36. The van der Waals surface area contributed by atoms with Crippen LogP contribution in [0.1, 0.15) is 15.9 Å². The Bertz CT molecular complexity index is 1280. The molecule has 32 heavy (non-hydrogen) atoms. The fourth-order valence-corrected chi connectivity index (χ4v) is 5.24. The second-order valence-electron chi connectivity index (χ2n) is 7.15. The molecule has 0 aliphatic carbocycles. The number of anilines is 2. The van der Waals surface area contributed by atoms with Crippen molar-refractivity contribution in [2.24, 2.45) is 0 Å². The Morgan fingerprint density at radius 1 is 0.969 bits per heavy atom. The number of nitrogens with one attached hydrogen (secondary N) is 1. The fraction of sp³-hybridized carbons (Fsp3) is 0.174. The van der Waals surface area contributed by atoms with Crippen LogP contribution >= 0.6 is 11.6 Å². The monoisotopic (exact) mass is 472 g/mol. The summed E-state index contributed by atoms with van der Waals surface area (Å²) in [6.45, 7) is 0.307. The lowest BCUT2D eigenvalue weighted by atomic mass is 10.1. The summed E-state index contributed by atoms with van der Waals surface area (Å²) in [7, 11) is -0.656. The molecule has 0 saturated heterocycles. The van der Waals surface area contributed by atoms with Gasteiger partial charge in [0.05, 0.1) is 24.8 Å². The quantitative estimate of drug-likeness (QED) is 0.576. The van der Waals surface area contributed by atoms with Gasteiger partial charge in [-0.1, -0.05) is 11.6 Å². The number of carbonyl (C=O) groups is 1. The normalized spacial score (nSPS) is 12.9. The van der Waals surface area contributed by atoms with Crippen LogP contribution in [0.2, 0.25) is 5.02 Å². The molecule has 1 aliphatic rings. The molecule has 1 N–H and O–H groups in total. The summed E-state index contributed by atoms with van der Waals surface area (Å²) in [5.74, 6) is 0.756. The minimum Gasteiger partial charge on any atom is -0.493 e. The lowest BCUT2D eigenvalue weighted by Crippen LogP contribution is -2.29. The Morgan fingerprint density at radius 2 is 1.69 bits per heavy atom. The molecule has 0 aromatic heterocycles. The third-order valence-electron chi connectivity index (χ3n) is 5.24. The lowest BCUT2D eigenvalue weighted by Gasteiger charge is -2.20. The molecule has 3 aromatic carbocycles. The standard InChI is InChI=1S/C23H21ClN2O5S/c1-30-21-10-6-18(14-22(21)31-2)25-23(27)16-3-9-20-15(13-16)11-12-26(20)32(28,29)19-7-4-17(24)5-8-19/h3-10,13-14H,11-12H2,1-2H3,(H,25,27). The van der Waals surface area contributed by atoms with E-state index in [1.165, 1.54) is 30.7 Å². The van der Waals surface area contributed by atoms with Crippen molar-refractivity contribution in [3.05, 3.63) is 76.8 Å². The lowest BCUT2D eigenvalue weighted by molar-refractivity contribution is 0.102. The molecule has 0 atom stereocenters. The van der Waals surface area contributed by atoms with Crippen LogP contribution in [0, 0.1) is 0 Å². The summed E-state index contributed by atoms with van der Waals surface area (Å²) in [4.78, 5) is 12.9. The minimum absolute atomic E-state index is 0.171. The first-order chi connectivity index (χ1) is 15.3. The number of amides is 1. The van der Waals surface area contributed by atoms with Crippen molar-refractivity contribution in [2.45, 2.75) is 11.3 Å². The van der Waals surface area contributed by atoms with Gasteiger partial charge in [-0.2, -0.15) is 0 Å². The van der Waals surface area contributed by atoms with Crippen molar-refractivity contribution in [1.29, 1.82) is 0 Å². The number of nitrogens with zero attached hydrogens (tertiary/aromatic N) is 1. The van der Waals surface area contributed by atoms with E-state index in [0.717, 1.165) is 5.56 Å². The van der Waals surface area contributed by atoms with Gasteiger partial charge >= 0.3 is 0 Å². The highest BCUT2D eigenvalue weighted by Crippen LogP contribution is 2.34. The molecule has 0 fully saturated rings. The molecule has 1 amide bonds. The largest absolute Gasteiger partial charge is 0.493 e. The van der Waals surface area contributed by atoms with Gasteiger partial charge < -0.3 is 14.8 Å². The first-order valence-electron chi connectivity index (χ1n) is 9.78. The molecule has 0 saturated carbocycles. The van der Waals surface area contributed by atoms with Gasteiger partial charge in [0.2, 0.25) is 0 Å². The van der Waals surface area contributed by atoms with Gasteiger partial charge in [0.1, 0.15) is 0 Å². The van der Waals surface area contributed by atoms with Crippen molar-refractivity contribution in [2.75, 3.05) is 30.4 Å². The van der Waals surface area contributed by atoms with Crippen LogP contribution in [-0.4, -0.2) is 35.1 Å². The zero-order valence-corrected chi connectivity index (χ0v) is 19.0. The summed E-state index contributed by atoms with van der Waals surface area (Å²) in [6.07, 6.45) is 0.514. The zero-order valence-electron chi connectivity index (χ0n) is 17.5. The Morgan fingerprint density at radius 3 is 2.38 bits per heavy atom. The summed E-state index contributed by atoms with van der Waals surface area (Å²) in [6, 6.07) is 16.2. The molecule has 0 bridgehead atoms. The SMILES string of the molecule is COc1ccc(NC(=O)c2ccc3c(c2)CCN3S(=O)(=O)c2ccc(Cl)cc2)cc1OC. The Hall–Kier alpha value is -3.23. The smallest absolute Gasteiger partial charge is 0.264 e. The average molecular weight is 473 g/mol. The van der Waals surface area contributed by atoms with Crippen molar-refractivity contribution in [3.8, 4) is 11.5 Å². The van der Waals surface area contributed by atoms with E-state index in [-0.39, 0.29) is 10.8 Å². The number of ether oxygens (including phenoxy) is 2. The molecule has 166 valence electrons. The van der Waals surface area contributed by atoms with E-state index < -0.39 is 10.0 Å². The van der Waals surface area contributed by atoms with Gasteiger partial charge in [0.25, 0.3) is 15.9 Å². The van der Waals surface area contributed by atoms with E-state index in [9.17, 15) is 13.2 Å². The molecule has 1 heterocycles. The molecule has 4 rings (SSSR count). The second kappa shape index (κ2) is 8.72. The molecule has 0 unspecified atom stereocenters. The topological polar surface area (TPSA) is 84.9 Å². The summed E-state index contributed by atoms with van der Waals surface area (Å²) in [5, 5.41) is 3.30. The van der Waals surface area contributed by atoms with Crippen LogP contribution in [0.5, 0.6) is 11.5 Å². The zero-order chi connectivity index (χ0) is 22.9. The van der Waals surface area contributed by atoms with E-state index in [2.05, 4.69) is 5.32 Å². The van der Waals surface area contributed by atoms with Gasteiger partial charge in [0, 0.05) is 28.9 Å². The number of fused-ring (bicyclic) bond motifs is 1. The van der Waals surface area contributed by atoms with Crippen LogP contribution in [0.3, 0.4) is 0 Å². The number of hydrogen-bond acceptors (Lipinski definition) is 5. The third-order valence-corrected chi connectivity index (χ3v) is 7.32. The number of benzene rings is 3. The van der Waals surface area contributed by atoms with Crippen molar-refractivity contribution in [3.63, 3.8) is 0 Å². The van der Waals surface area contributed by atoms with E-state index in [4.69, 9.17) is 21.1 Å². The van der Waals surface area contributed by atoms with Crippen LogP contribution in [0.25, 0.3) is 0 Å². The van der Waals surface area contributed by atoms with Gasteiger partial charge in [-0.15, -0.1) is 0 Å². The van der Waals surface area contributed by atoms with Crippen molar-refractivity contribution >= 4 is 38.9 Å². The minimum atomic E-state index is -3.72. The van der Waals surface area contributed by atoms with E-state index >= 15 is 0 Å². The van der Waals surface area contributed by atoms with Crippen LogP contribution in [0.4, 0.5) is 11.4 Å². The molecule has 0 radical (unpaired) electrons. The van der Waals surface area contributed by atoms with Gasteiger partial charge in [-0.05, 0) is 66.6 Å². The molecular weight excluding hydrogens is 452 g/mol. The Balaban J connectivity index is 1.56. The molecular formula is C23H21ClN2O5S. The van der Waals surface area contributed by atoms with Gasteiger partial charge in [0.15, 0.2) is 11.5 Å². The third kappa shape index (κ3) is 4.11. The molecule has 3 aromatic rings. The van der Waals surface area contributed by atoms with Gasteiger partial charge in [-0.25, -0.2) is 8.42 Å². The first kappa shape index (κ1) is 22.0. The molecule has 0 spiro atoms. The average Bonchev–Trinajstić information content (AvgIpc) is 3.23. The number of methoxy groups -OCH3 is 2. The maximum atomic E-state index is 13.1.